The largest absolute Gasteiger partial charge is 0.508 e. The summed E-state index contributed by atoms with van der Waals surface area (Å²) in [4.78, 5) is 12.4. The zero-order chi connectivity index (χ0) is 22.4. The number of hydrogen-bond acceptors (Lipinski definition) is 11. The number of rotatable bonds is 3. The highest BCUT2D eigenvalue weighted by molar-refractivity contribution is 5.86. The lowest BCUT2D eigenvalue weighted by Crippen LogP contribution is -2.54. The van der Waals surface area contributed by atoms with Crippen LogP contribution >= 0.6 is 0 Å². The second kappa shape index (κ2) is 7.63. The van der Waals surface area contributed by atoms with Crippen molar-refractivity contribution < 1.29 is 49.6 Å². The van der Waals surface area contributed by atoms with Crippen LogP contribution in [-0.2, 0) is 4.74 Å². The van der Waals surface area contributed by atoms with E-state index in [2.05, 4.69) is 0 Å². The molecule has 0 saturated carbocycles. The Hall–Kier alpha value is -3.51. The van der Waals surface area contributed by atoms with Crippen molar-refractivity contribution in [2.24, 2.45) is 0 Å². The normalized spacial score (nSPS) is 23.7. The fourth-order valence-corrected chi connectivity index (χ4v) is 3.23. The molecular formula is C20H18O11. The van der Waals surface area contributed by atoms with Gasteiger partial charge in [0, 0.05) is 23.8 Å². The van der Waals surface area contributed by atoms with Crippen LogP contribution in [-0.4, -0.2) is 67.0 Å². The van der Waals surface area contributed by atoms with Gasteiger partial charge in [0.05, 0.1) is 6.61 Å². The molecule has 2 aromatic carbocycles. The molecule has 1 saturated heterocycles. The molecule has 4 atom stereocenters. The Morgan fingerprint density at radius 1 is 0.903 bits per heavy atom. The summed E-state index contributed by atoms with van der Waals surface area (Å²) in [5.41, 5.74) is -0.692. The minimum absolute atomic E-state index is 0.0676. The molecule has 164 valence electrons. The maximum absolute atomic E-state index is 12.4. The lowest BCUT2D eigenvalue weighted by Gasteiger charge is -2.35. The van der Waals surface area contributed by atoms with Crippen molar-refractivity contribution in [1.82, 2.24) is 0 Å². The molecule has 1 aliphatic heterocycles. The van der Waals surface area contributed by atoms with Crippen molar-refractivity contribution in [3.8, 4) is 40.1 Å². The number of aliphatic hydroxyl groups excluding tert-OH is 3. The van der Waals surface area contributed by atoms with Gasteiger partial charge >= 0.3 is 0 Å². The Balaban J connectivity index is 1.76. The monoisotopic (exact) mass is 434 g/mol. The second-order valence-corrected chi connectivity index (χ2v) is 7.02. The number of phenolic OH excluding ortho intramolecular Hbond substituents is 4. The van der Waals surface area contributed by atoms with Gasteiger partial charge in [-0.05, 0) is 12.1 Å². The van der Waals surface area contributed by atoms with Gasteiger partial charge < -0.3 is 49.6 Å². The van der Waals surface area contributed by atoms with E-state index in [1.54, 1.807) is 0 Å². The fourth-order valence-electron chi connectivity index (χ4n) is 3.23. The lowest BCUT2D eigenvalue weighted by molar-refractivity contribution is -0.242. The Labute approximate surface area is 173 Å². The Morgan fingerprint density at radius 2 is 1.65 bits per heavy atom. The van der Waals surface area contributed by atoms with Crippen LogP contribution in [0.5, 0.6) is 28.7 Å². The van der Waals surface area contributed by atoms with Gasteiger partial charge in [-0.3, -0.25) is 4.79 Å². The molecule has 0 aliphatic carbocycles. The third kappa shape index (κ3) is 3.70. The first kappa shape index (κ1) is 20.8. The van der Waals surface area contributed by atoms with Gasteiger partial charge in [-0.1, -0.05) is 0 Å². The molecule has 31 heavy (non-hydrogen) atoms. The Bertz CT molecular complexity index is 1200. The van der Waals surface area contributed by atoms with Crippen LogP contribution in [0.25, 0.3) is 22.3 Å². The van der Waals surface area contributed by atoms with E-state index >= 15 is 0 Å². The number of ether oxygens (including phenoxy) is 2. The van der Waals surface area contributed by atoms with Crippen molar-refractivity contribution in [2.45, 2.75) is 24.6 Å². The summed E-state index contributed by atoms with van der Waals surface area (Å²) in [5, 5.41) is 68.9. The van der Waals surface area contributed by atoms with Crippen molar-refractivity contribution in [3.05, 3.63) is 40.6 Å². The van der Waals surface area contributed by atoms with Gasteiger partial charge in [-0.2, -0.15) is 0 Å². The summed E-state index contributed by atoms with van der Waals surface area (Å²) < 4.78 is 16.0. The number of aliphatic hydroxyl groups is 3. The third-order valence-electron chi connectivity index (χ3n) is 4.83. The molecule has 0 spiro atoms. The van der Waals surface area contributed by atoms with Gasteiger partial charge in [0.2, 0.25) is 12.0 Å². The molecular weight excluding hydrogens is 416 g/mol. The van der Waals surface area contributed by atoms with Crippen molar-refractivity contribution in [3.63, 3.8) is 0 Å². The minimum Gasteiger partial charge on any atom is -0.508 e. The van der Waals surface area contributed by atoms with Crippen molar-refractivity contribution >= 4 is 11.0 Å². The number of hydrogen-bond donors (Lipinski definition) is 7. The minimum atomic E-state index is -1.65. The molecule has 11 heteroatoms. The molecule has 7 N–H and O–H groups in total. The average Bonchev–Trinajstić information content (AvgIpc) is 2.70. The molecule has 1 aromatic heterocycles. The topological polar surface area (TPSA) is 190 Å². The van der Waals surface area contributed by atoms with Gasteiger partial charge in [0.1, 0.15) is 46.5 Å². The summed E-state index contributed by atoms with van der Waals surface area (Å²) >= 11 is 0. The summed E-state index contributed by atoms with van der Waals surface area (Å²) in [7, 11) is 0. The molecule has 3 aromatic rings. The van der Waals surface area contributed by atoms with E-state index in [9.17, 15) is 40.5 Å². The van der Waals surface area contributed by atoms with Gasteiger partial charge in [-0.15, -0.1) is 0 Å². The fraction of sp³-hybridized carbons (Fsp3) is 0.250. The first-order valence-corrected chi connectivity index (χ1v) is 9.04. The molecule has 2 heterocycles. The first-order valence-electron chi connectivity index (χ1n) is 9.04. The molecule has 0 amide bonds. The quantitative estimate of drug-likeness (QED) is 0.277. The first-order chi connectivity index (χ1) is 14.7. The molecule has 4 rings (SSSR count). The van der Waals surface area contributed by atoms with E-state index < -0.39 is 47.3 Å². The predicted octanol–water partition coefficient (Wildman–Crippen LogP) is 0.100. The maximum Gasteiger partial charge on any atom is 0.229 e. The van der Waals surface area contributed by atoms with Crippen molar-refractivity contribution in [1.29, 1.82) is 0 Å². The third-order valence-corrected chi connectivity index (χ3v) is 4.83. The molecule has 0 unspecified atom stereocenters. The lowest BCUT2D eigenvalue weighted by atomic mass is 10.1. The highest BCUT2D eigenvalue weighted by Gasteiger charge is 2.39. The van der Waals surface area contributed by atoms with Crippen LogP contribution in [0.2, 0.25) is 0 Å². The van der Waals surface area contributed by atoms with Crippen LogP contribution in [0, 0.1) is 0 Å². The SMILES string of the molecule is O=c1cc(-c2cc(O)c(O)c(O[C@H]3OC[C@H](O)[C@H](O)[C@@H]3O)c2)oc2cc(O)cc(O)c12. The Kier molecular flexibility index (Phi) is 5.11. The zero-order valence-electron chi connectivity index (χ0n) is 15.7. The number of benzene rings is 2. The second-order valence-electron chi connectivity index (χ2n) is 7.02. The van der Waals surface area contributed by atoms with Crippen molar-refractivity contribution in [2.75, 3.05) is 6.61 Å². The molecule has 0 radical (unpaired) electrons. The number of aromatic hydroxyl groups is 4. The smallest absolute Gasteiger partial charge is 0.229 e. The van der Waals surface area contributed by atoms with Crippen LogP contribution in [0.15, 0.2) is 39.5 Å². The summed E-state index contributed by atoms with van der Waals surface area (Å²) in [6.07, 6.45) is -6.02. The summed E-state index contributed by atoms with van der Waals surface area (Å²) in [5.74, 6) is -2.64. The van der Waals surface area contributed by atoms with Gasteiger partial charge in [0.25, 0.3) is 0 Å². The summed E-state index contributed by atoms with van der Waals surface area (Å²) in [6.45, 7) is -0.345. The van der Waals surface area contributed by atoms with E-state index in [1.165, 1.54) is 6.07 Å². The van der Waals surface area contributed by atoms with Crippen LogP contribution < -0.4 is 10.2 Å². The Morgan fingerprint density at radius 3 is 2.39 bits per heavy atom. The number of fused-ring (bicyclic) bond motifs is 1. The van der Waals surface area contributed by atoms with Gasteiger partial charge in [-0.25, -0.2) is 0 Å². The van der Waals surface area contributed by atoms with E-state index in [4.69, 9.17) is 13.9 Å². The molecule has 1 fully saturated rings. The van der Waals surface area contributed by atoms with Gasteiger partial charge in [0.15, 0.2) is 16.9 Å². The van der Waals surface area contributed by atoms with E-state index in [0.717, 1.165) is 24.3 Å². The molecule has 1 aliphatic rings. The van der Waals surface area contributed by atoms with E-state index in [0.29, 0.717) is 0 Å². The van der Waals surface area contributed by atoms with E-state index in [1.807, 2.05) is 0 Å². The van der Waals surface area contributed by atoms with Crippen LogP contribution in [0.4, 0.5) is 0 Å². The number of phenols is 4. The summed E-state index contributed by atoms with van der Waals surface area (Å²) in [6, 6.07) is 5.39. The standard InChI is InChI=1S/C20H18O11/c21-8-3-9(22)16-10(23)5-13(30-14(16)4-8)7-1-11(24)17(26)15(2-7)31-20-19(28)18(27)12(25)6-29-20/h1-5,12,18-22,24-28H,6H2/t12-,18-,19-,20+/m0/s1. The predicted molar refractivity (Wildman–Crippen MR) is 103 cm³/mol. The zero-order valence-corrected chi connectivity index (χ0v) is 15.7. The molecule has 0 bridgehead atoms. The van der Waals surface area contributed by atoms with E-state index in [-0.39, 0.29) is 40.4 Å². The molecule has 11 nitrogen and oxygen atoms in total. The highest BCUT2D eigenvalue weighted by Crippen LogP contribution is 2.41. The van der Waals surface area contributed by atoms with Crippen LogP contribution in [0.1, 0.15) is 0 Å². The average molecular weight is 434 g/mol. The maximum atomic E-state index is 12.4. The van der Waals surface area contributed by atoms with Crippen LogP contribution in [0.3, 0.4) is 0 Å². The highest BCUT2D eigenvalue weighted by atomic mass is 16.7.